The fraction of sp³-hybridized carbons (Fsp3) is 0.933. The second kappa shape index (κ2) is 7.75. The lowest BCUT2D eigenvalue weighted by Gasteiger charge is -2.33. The maximum Gasteiger partial charge on any atom is 0.223 e. The van der Waals surface area contributed by atoms with Crippen LogP contribution in [0.15, 0.2) is 0 Å². The average Bonchev–Trinajstić information content (AvgIpc) is 2.48. The van der Waals surface area contributed by atoms with E-state index in [1.54, 1.807) is 0 Å². The minimum absolute atomic E-state index is 0.0446. The predicted octanol–water partition coefficient (Wildman–Crippen LogP) is 0.649. The summed E-state index contributed by atoms with van der Waals surface area (Å²) in [6, 6.07) is 0.614. The van der Waals surface area contributed by atoms with E-state index in [9.17, 15) is 13.2 Å². The second-order valence-corrected chi connectivity index (χ2v) is 8.59. The third-order valence-electron chi connectivity index (χ3n) is 4.93. The number of nitrogens with zero attached hydrogens (tertiary/aromatic N) is 2. The Hall–Kier alpha value is -0.660. The summed E-state index contributed by atoms with van der Waals surface area (Å²) >= 11 is 0. The van der Waals surface area contributed by atoms with Gasteiger partial charge >= 0.3 is 0 Å². The fourth-order valence-corrected chi connectivity index (χ4v) is 4.28. The van der Waals surface area contributed by atoms with Crippen LogP contribution in [0.3, 0.4) is 0 Å². The number of hydrogen-bond donors (Lipinski definition) is 1. The highest BCUT2D eigenvalue weighted by Crippen LogP contribution is 2.19. The summed E-state index contributed by atoms with van der Waals surface area (Å²) in [5, 5.41) is 3.03. The Morgan fingerprint density at radius 3 is 2.41 bits per heavy atom. The molecule has 2 fully saturated rings. The van der Waals surface area contributed by atoms with E-state index in [1.165, 1.54) is 29.8 Å². The van der Waals surface area contributed by atoms with Gasteiger partial charge in [0.25, 0.3) is 0 Å². The minimum Gasteiger partial charge on any atom is -0.355 e. The number of carbonyl (C=O) groups is 1. The average molecular weight is 331 g/mol. The molecule has 0 aromatic carbocycles. The van der Waals surface area contributed by atoms with Gasteiger partial charge in [0.15, 0.2) is 0 Å². The number of rotatable bonds is 5. The molecule has 0 aromatic heterocycles. The van der Waals surface area contributed by atoms with Crippen LogP contribution in [0.2, 0.25) is 0 Å². The SMILES string of the molecule is C[C@H]1CCCCN1CCNC(=O)C1CCN(S(C)(=O)=O)CC1. The van der Waals surface area contributed by atoms with Crippen LogP contribution in [0.25, 0.3) is 0 Å². The normalized spacial score (nSPS) is 26.0. The maximum atomic E-state index is 12.2. The van der Waals surface area contributed by atoms with Gasteiger partial charge in [0.05, 0.1) is 6.26 Å². The van der Waals surface area contributed by atoms with Crippen molar-refractivity contribution in [2.24, 2.45) is 5.92 Å². The number of piperidine rings is 2. The molecule has 0 bridgehead atoms. The predicted molar refractivity (Wildman–Crippen MR) is 87.0 cm³/mol. The standard InChI is InChI=1S/C15H29N3O3S/c1-13-5-3-4-9-17(13)12-8-16-15(19)14-6-10-18(11-7-14)22(2,20)21/h13-14H,3-12H2,1-2H3,(H,16,19)/t13-/m0/s1. The van der Waals surface area contributed by atoms with Crippen molar-refractivity contribution in [2.75, 3.05) is 39.0 Å². The maximum absolute atomic E-state index is 12.2. The van der Waals surface area contributed by atoms with Crippen LogP contribution in [-0.4, -0.2) is 68.6 Å². The van der Waals surface area contributed by atoms with Gasteiger partial charge in [0, 0.05) is 38.1 Å². The van der Waals surface area contributed by atoms with Crippen molar-refractivity contribution < 1.29 is 13.2 Å². The quantitative estimate of drug-likeness (QED) is 0.803. The molecule has 128 valence electrons. The third-order valence-corrected chi connectivity index (χ3v) is 6.24. The molecule has 0 radical (unpaired) electrons. The van der Waals surface area contributed by atoms with Crippen molar-refractivity contribution in [1.82, 2.24) is 14.5 Å². The molecule has 22 heavy (non-hydrogen) atoms. The van der Waals surface area contributed by atoms with Crippen molar-refractivity contribution in [3.63, 3.8) is 0 Å². The molecule has 0 spiro atoms. The van der Waals surface area contributed by atoms with Crippen LogP contribution >= 0.6 is 0 Å². The van der Waals surface area contributed by atoms with Crippen LogP contribution in [0.5, 0.6) is 0 Å². The van der Waals surface area contributed by atoms with Gasteiger partial charge in [-0.05, 0) is 39.2 Å². The summed E-state index contributed by atoms with van der Waals surface area (Å²) in [5.74, 6) is 0.0367. The number of amides is 1. The fourth-order valence-electron chi connectivity index (χ4n) is 3.41. The van der Waals surface area contributed by atoms with Crippen molar-refractivity contribution in [3.8, 4) is 0 Å². The summed E-state index contributed by atoms with van der Waals surface area (Å²) in [4.78, 5) is 14.6. The first-order chi connectivity index (χ1) is 10.4. The molecule has 7 heteroatoms. The number of sulfonamides is 1. The molecule has 0 unspecified atom stereocenters. The van der Waals surface area contributed by atoms with Crippen molar-refractivity contribution in [3.05, 3.63) is 0 Å². The van der Waals surface area contributed by atoms with E-state index in [2.05, 4.69) is 17.1 Å². The van der Waals surface area contributed by atoms with Crippen LogP contribution in [0.1, 0.15) is 39.0 Å². The molecule has 1 atom stereocenters. The lowest BCUT2D eigenvalue weighted by Crippen LogP contribution is -2.45. The van der Waals surface area contributed by atoms with Crippen molar-refractivity contribution in [1.29, 1.82) is 0 Å². The lowest BCUT2D eigenvalue weighted by molar-refractivity contribution is -0.126. The van der Waals surface area contributed by atoms with Crippen LogP contribution < -0.4 is 5.32 Å². The number of likely N-dealkylation sites (tertiary alicyclic amines) is 1. The Bertz CT molecular complexity index is 472. The molecular formula is C15H29N3O3S. The highest BCUT2D eigenvalue weighted by molar-refractivity contribution is 7.88. The largest absolute Gasteiger partial charge is 0.355 e. The monoisotopic (exact) mass is 331 g/mol. The first-order valence-electron chi connectivity index (χ1n) is 8.35. The Morgan fingerprint density at radius 1 is 1.14 bits per heavy atom. The summed E-state index contributed by atoms with van der Waals surface area (Å²) in [6.45, 7) is 5.90. The Labute approximate surface area is 134 Å². The Kier molecular flexibility index (Phi) is 6.23. The van der Waals surface area contributed by atoms with E-state index in [1.807, 2.05) is 0 Å². The zero-order valence-corrected chi connectivity index (χ0v) is 14.6. The van der Waals surface area contributed by atoms with Crippen molar-refractivity contribution >= 4 is 15.9 Å². The number of nitrogens with one attached hydrogen (secondary N) is 1. The molecule has 0 saturated carbocycles. The summed E-state index contributed by atoms with van der Waals surface area (Å²) in [6.07, 6.45) is 6.29. The van der Waals surface area contributed by atoms with E-state index in [-0.39, 0.29) is 11.8 Å². The minimum atomic E-state index is -3.12. The third kappa shape index (κ3) is 4.93. The molecule has 6 nitrogen and oxygen atoms in total. The van der Waals surface area contributed by atoms with E-state index >= 15 is 0 Å². The zero-order chi connectivity index (χ0) is 16.2. The number of carbonyl (C=O) groups excluding carboxylic acids is 1. The Balaban J connectivity index is 1.68. The molecule has 0 aromatic rings. The molecule has 2 saturated heterocycles. The van der Waals surface area contributed by atoms with Crippen LogP contribution in [0, 0.1) is 5.92 Å². The zero-order valence-electron chi connectivity index (χ0n) is 13.8. The molecule has 1 amide bonds. The van der Waals surface area contributed by atoms with Crippen LogP contribution in [-0.2, 0) is 14.8 Å². The van der Waals surface area contributed by atoms with E-state index in [4.69, 9.17) is 0 Å². The molecule has 0 aliphatic carbocycles. The van der Waals surface area contributed by atoms with Gasteiger partial charge in [-0.2, -0.15) is 0 Å². The van der Waals surface area contributed by atoms with Gasteiger partial charge < -0.3 is 5.32 Å². The van der Waals surface area contributed by atoms with Gasteiger partial charge in [0.1, 0.15) is 0 Å². The molecule has 2 aliphatic rings. The van der Waals surface area contributed by atoms with E-state index in [0.29, 0.717) is 38.5 Å². The smallest absolute Gasteiger partial charge is 0.223 e. The van der Waals surface area contributed by atoms with Gasteiger partial charge in [0.2, 0.25) is 15.9 Å². The summed E-state index contributed by atoms with van der Waals surface area (Å²) in [5.41, 5.74) is 0. The van der Waals surface area contributed by atoms with Gasteiger partial charge in [-0.15, -0.1) is 0 Å². The topological polar surface area (TPSA) is 69.7 Å². The molecule has 2 heterocycles. The van der Waals surface area contributed by atoms with Crippen LogP contribution in [0.4, 0.5) is 0 Å². The highest BCUT2D eigenvalue weighted by Gasteiger charge is 2.28. The van der Waals surface area contributed by atoms with Gasteiger partial charge in [-0.3, -0.25) is 9.69 Å². The molecule has 2 aliphatic heterocycles. The molecular weight excluding hydrogens is 302 g/mol. The van der Waals surface area contributed by atoms with Gasteiger partial charge in [-0.25, -0.2) is 12.7 Å². The summed E-state index contributed by atoms with van der Waals surface area (Å²) < 4.78 is 24.4. The first kappa shape index (κ1) is 17.7. The highest BCUT2D eigenvalue weighted by atomic mass is 32.2. The Morgan fingerprint density at radius 2 is 1.82 bits per heavy atom. The van der Waals surface area contributed by atoms with Gasteiger partial charge in [-0.1, -0.05) is 6.42 Å². The lowest BCUT2D eigenvalue weighted by atomic mass is 9.97. The number of hydrogen-bond acceptors (Lipinski definition) is 4. The first-order valence-corrected chi connectivity index (χ1v) is 10.2. The van der Waals surface area contributed by atoms with E-state index in [0.717, 1.165) is 13.1 Å². The second-order valence-electron chi connectivity index (χ2n) is 6.61. The molecule has 2 rings (SSSR count). The van der Waals surface area contributed by atoms with Crippen molar-refractivity contribution in [2.45, 2.75) is 45.1 Å². The summed E-state index contributed by atoms with van der Waals surface area (Å²) in [7, 11) is -3.12. The van der Waals surface area contributed by atoms with E-state index < -0.39 is 10.0 Å². The molecule has 1 N–H and O–H groups in total.